The maximum atomic E-state index is 3.63. The molecular weight excluding hydrogens is 220 g/mol. The number of benzene rings is 1. The minimum Gasteiger partial charge on any atom is -0.356 e. The average Bonchev–Trinajstić information content (AvgIpc) is 3.05. The molecule has 0 bridgehead atoms. The van der Waals surface area contributed by atoms with Crippen LogP contribution < -0.4 is 0 Å². The molecule has 1 unspecified atom stereocenters. The van der Waals surface area contributed by atoms with Gasteiger partial charge in [-0.05, 0) is 43.0 Å². The third kappa shape index (κ3) is 1.35. The summed E-state index contributed by atoms with van der Waals surface area (Å²) in [4.78, 5) is 3.63. The summed E-state index contributed by atoms with van der Waals surface area (Å²) in [5.74, 6) is 0. The van der Waals surface area contributed by atoms with E-state index in [9.17, 15) is 0 Å². The van der Waals surface area contributed by atoms with E-state index in [4.69, 9.17) is 0 Å². The molecule has 0 radical (unpaired) electrons. The lowest BCUT2D eigenvalue weighted by Gasteiger charge is -2.24. The SMILES string of the molecule is c1ccc2c3c([nH]c2c1)C(n1cccc1)CCC3. The quantitative estimate of drug-likeness (QED) is 0.661. The second-order valence-electron chi connectivity index (χ2n) is 5.10. The first-order valence-corrected chi connectivity index (χ1v) is 6.65. The van der Waals surface area contributed by atoms with E-state index in [0.717, 1.165) is 0 Å². The van der Waals surface area contributed by atoms with E-state index in [1.807, 2.05) is 0 Å². The minimum absolute atomic E-state index is 0.483. The minimum atomic E-state index is 0.483. The molecule has 0 amide bonds. The highest BCUT2D eigenvalue weighted by Crippen LogP contribution is 2.36. The Morgan fingerprint density at radius 1 is 1.06 bits per heavy atom. The topological polar surface area (TPSA) is 20.7 Å². The van der Waals surface area contributed by atoms with Crippen LogP contribution in [-0.2, 0) is 6.42 Å². The summed E-state index contributed by atoms with van der Waals surface area (Å²) in [6.07, 6.45) is 8.06. The van der Waals surface area contributed by atoms with Crippen LogP contribution >= 0.6 is 0 Å². The maximum absolute atomic E-state index is 3.63. The van der Waals surface area contributed by atoms with E-state index in [1.54, 1.807) is 0 Å². The van der Waals surface area contributed by atoms with Gasteiger partial charge in [0, 0.05) is 29.0 Å². The third-order valence-electron chi connectivity index (χ3n) is 4.07. The van der Waals surface area contributed by atoms with Crippen molar-refractivity contribution in [1.82, 2.24) is 9.55 Å². The van der Waals surface area contributed by atoms with Gasteiger partial charge in [-0.3, -0.25) is 0 Å². The number of para-hydroxylation sites is 1. The smallest absolute Gasteiger partial charge is 0.0732 e. The van der Waals surface area contributed by atoms with Gasteiger partial charge in [0.05, 0.1) is 6.04 Å². The standard InChI is InChI=1S/C16H16N2/c1-2-8-14-12(6-1)13-7-5-9-15(16(13)17-14)18-10-3-4-11-18/h1-4,6,8,10-11,15,17H,5,7,9H2. The van der Waals surface area contributed by atoms with Gasteiger partial charge >= 0.3 is 0 Å². The van der Waals surface area contributed by atoms with Gasteiger partial charge in [-0.1, -0.05) is 18.2 Å². The molecular formula is C16H16N2. The lowest BCUT2D eigenvalue weighted by atomic mass is 9.91. The number of rotatable bonds is 1. The molecule has 1 aromatic carbocycles. The molecule has 0 saturated heterocycles. The fourth-order valence-corrected chi connectivity index (χ4v) is 3.24. The summed E-state index contributed by atoms with van der Waals surface area (Å²) >= 11 is 0. The van der Waals surface area contributed by atoms with E-state index < -0.39 is 0 Å². The second kappa shape index (κ2) is 3.77. The molecule has 90 valence electrons. The Morgan fingerprint density at radius 2 is 1.89 bits per heavy atom. The summed E-state index contributed by atoms with van der Waals surface area (Å²) in [7, 11) is 0. The van der Waals surface area contributed by atoms with Gasteiger partial charge < -0.3 is 9.55 Å². The van der Waals surface area contributed by atoms with Gasteiger partial charge in [-0.15, -0.1) is 0 Å². The predicted octanol–water partition coefficient (Wildman–Crippen LogP) is 3.90. The Labute approximate surface area is 106 Å². The first-order chi connectivity index (χ1) is 8.93. The van der Waals surface area contributed by atoms with E-state index in [2.05, 4.69) is 58.3 Å². The second-order valence-corrected chi connectivity index (χ2v) is 5.10. The average molecular weight is 236 g/mol. The largest absolute Gasteiger partial charge is 0.356 e. The highest BCUT2D eigenvalue weighted by Gasteiger charge is 2.24. The Morgan fingerprint density at radius 3 is 2.78 bits per heavy atom. The number of nitrogens with zero attached hydrogens (tertiary/aromatic N) is 1. The van der Waals surface area contributed by atoms with Crippen LogP contribution in [0.4, 0.5) is 0 Å². The van der Waals surface area contributed by atoms with Crippen molar-refractivity contribution in [3.63, 3.8) is 0 Å². The van der Waals surface area contributed by atoms with Crippen molar-refractivity contribution in [2.45, 2.75) is 25.3 Å². The molecule has 0 saturated carbocycles. The van der Waals surface area contributed by atoms with E-state index in [-0.39, 0.29) is 0 Å². The highest BCUT2D eigenvalue weighted by molar-refractivity contribution is 5.85. The number of aromatic nitrogens is 2. The van der Waals surface area contributed by atoms with Crippen LogP contribution in [0.25, 0.3) is 10.9 Å². The van der Waals surface area contributed by atoms with Crippen molar-refractivity contribution in [3.05, 3.63) is 60.0 Å². The monoisotopic (exact) mass is 236 g/mol. The normalized spacial score (nSPS) is 19.0. The first-order valence-electron chi connectivity index (χ1n) is 6.65. The van der Waals surface area contributed by atoms with Crippen LogP contribution in [0.3, 0.4) is 0 Å². The summed E-state index contributed by atoms with van der Waals surface area (Å²) in [6, 6.07) is 13.4. The molecule has 2 heteroatoms. The number of aromatic amines is 1. The van der Waals surface area contributed by atoms with E-state index in [1.165, 1.54) is 41.4 Å². The number of nitrogens with one attached hydrogen (secondary N) is 1. The first kappa shape index (κ1) is 10.0. The molecule has 1 aliphatic rings. The predicted molar refractivity (Wildman–Crippen MR) is 73.8 cm³/mol. The Bertz CT molecular complexity index is 676. The molecule has 1 atom stereocenters. The molecule has 1 N–H and O–H groups in total. The molecule has 3 aromatic rings. The highest BCUT2D eigenvalue weighted by atomic mass is 15.0. The Hall–Kier alpha value is -1.96. The lowest BCUT2D eigenvalue weighted by Crippen LogP contribution is -2.15. The number of fused-ring (bicyclic) bond motifs is 3. The summed E-state index contributed by atoms with van der Waals surface area (Å²) in [6.45, 7) is 0. The van der Waals surface area contributed by atoms with Gasteiger partial charge in [0.1, 0.15) is 0 Å². The van der Waals surface area contributed by atoms with Crippen molar-refractivity contribution >= 4 is 10.9 Å². The van der Waals surface area contributed by atoms with E-state index in [0.29, 0.717) is 6.04 Å². The number of hydrogen-bond acceptors (Lipinski definition) is 0. The Balaban J connectivity index is 1.94. The summed E-state index contributed by atoms with van der Waals surface area (Å²) in [5.41, 5.74) is 4.22. The van der Waals surface area contributed by atoms with Crippen molar-refractivity contribution in [2.75, 3.05) is 0 Å². The zero-order chi connectivity index (χ0) is 11.9. The molecule has 0 fully saturated rings. The molecule has 2 heterocycles. The zero-order valence-corrected chi connectivity index (χ0v) is 10.3. The fraction of sp³-hybridized carbons (Fsp3) is 0.250. The van der Waals surface area contributed by atoms with Gasteiger partial charge in [0.2, 0.25) is 0 Å². The fourth-order valence-electron chi connectivity index (χ4n) is 3.24. The van der Waals surface area contributed by atoms with Crippen molar-refractivity contribution in [2.24, 2.45) is 0 Å². The molecule has 2 nitrogen and oxygen atoms in total. The van der Waals surface area contributed by atoms with Crippen molar-refractivity contribution in [1.29, 1.82) is 0 Å². The third-order valence-corrected chi connectivity index (χ3v) is 4.07. The van der Waals surface area contributed by atoms with Crippen LogP contribution in [0.15, 0.2) is 48.8 Å². The lowest BCUT2D eigenvalue weighted by molar-refractivity contribution is 0.484. The molecule has 0 spiro atoms. The molecule has 1 aliphatic carbocycles. The van der Waals surface area contributed by atoms with Crippen LogP contribution in [0, 0.1) is 0 Å². The van der Waals surface area contributed by atoms with Gasteiger partial charge in [-0.25, -0.2) is 0 Å². The zero-order valence-electron chi connectivity index (χ0n) is 10.3. The number of H-pyrrole nitrogens is 1. The Kier molecular flexibility index (Phi) is 2.10. The van der Waals surface area contributed by atoms with Gasteiger partial charge in [0.25, 0.3) is 0 Å². The molecule has 18 heavy (non-hydrogen) atoms. The van der Waals surface area contributed by atoms with Crippen LogP contribution in [0.2, 0.25) is 0 Å². The molecule has 2 aromatic heterocycles. The van der Waals surface area contributed by atoms with Crippen LogP contribution in [-0.4, -0.2) is 9.55 Å². The van der Waals surface area contributed by atoms with Crippen molar-refractivity contribution in [3.8, 4) is 0 Å². The number of aryl methyl sites for hydroxylation is 1. The van der Waals surface area contributed by atoms with Gasteiger partial charge in [-0.2, -0.15) is 0 Å². The summed E-state index contributed by atoms with van der Waals surface area (Å²) < 4.78 is 2.33. The van der Waals surface area contributed by atoms with Gasteiger partial charge in [0.15, 0.2) is 0 Å². The van der Waals surface area contributed by atoms with Crippen LogP contribution in [0.5, 0.6) is 0 Å². The maximum Gasteiger partial charge on any atom is 0.0732 e. The van der Waals surface area contributed by atoms with Crippen LogP contribution in [0.1, 0.15) is 30.1 Å². The number of hydrogen-bond donors (Lipinski definition) is 1. The van der Waals surface area contributed by atoms with Crippen molar-refractivity contribution < 1.29 is 0 Å². The molecule has 0 aliphatic heterocycles. The van der Waals surface area contributed by atoms with E-state index >= 15 is 0 Å². The molecule has 4 rings (SSSR count). The summed E-state index contributed by atoms with van der Waals surface area (Å²) in [5, 5.41) is 1.41.